The fraction of sp³-hybridized carbons (Fsp3) is 0.417. The average molecular weight is 222 g/mol. The second-order valence-corrected chi connectivity index (χ2v) is 3.92. The number of rotatable bonds is 4. The highest BCUT2D eigenvalue weighted by Crippen LogP contribution is 2.51. The van der Waals surface area contributed by atoms with Crippen LogP contribution in [0.25, 0.3) is 0 Å². The van der Waals surface area contributed by atoms with Crippen molar-refractivity contribution in [3.8, 4) is 11.5 Å². The van der Waals surface area contributed by atoms with Gasteiger partial charge in [0.25, 0.3) is 0 Å². The fourth-order valence-corrected chi connectivity index (χ4v) is 1.84. The van der Waals surface area contributed by atoms with Gasteiger partial charge in [-0.3, -0.25) is 4.79 Å². The highest BCUT2D eigenvalue weighted by molar-refractivity contribution is 5.82. The Morgan fingerprint density at radius 3 is 2.31 bits per heavy atom. The lowest BCUT2D eigenvalue weighted by molar-refractivity contribution is 0.111. The van der Waals surface area contributed by atoms with E-state index in [2.05, 4.69) is 0 Å². The standard InChI is InChI=1S/C12H14O4/c1-15-10-8(7-13)3-4-9(11(10)16-2)12(14)5-6-12/h3-4,7,14H,5-6H2,1-2H3. The molecule has 1 aromatic rings. The third-order valence-electron chi connectivity index (χ3n) is 2.90. The number of methoxy groups -OCH3 is 2. The largest absolute Gasteiger partial charge is 0.492 e. The molecule has 16 heavy (non-hydrogen) atoms. The van der Waals surface area contributed by atoms with Crippen molar-refractivity contribution in [1.82, 2.24) is 0 Å². The molecule has 1 aromatic carbocycles. The molecular formula is C12H14O4. The smallest absolute Gasteiger partial charge is 0.171 e. The van der Waals surface area contributed by atoms with Crippen molar-refractivity contribution in [2.24, 2.45) is 0 Å². The van der Waals surface area contributed by atoms with E-state index in [1.165, 1.54) is 14.2 Å². The third kappa shape index (κ3) is 1.55. The highest BCUT2D eigenvalue weighted by Gasteiger charge is 2.45. The summed E-state index contributed by atoms with van der Waals surface area (Å²) in [6, 6.07) is 3.36. The van der Waals surface area contributed by atoms with E-state index in [0.29, 0.717) is 41.8 Å². The second kappa shape index (κ2) is 3.79. The summed E-state index contributed by atoms with van der Waals surface area (Å²) in [5.41, 5.74) is 0.310. The third-order valence-corrected chi connectivity index (χ3v) is 2.90. The molecule has 0 unspecified atom stereocenters. The average Bonchev–Trinajstić information content (AvgIpc) is 3.06. The summed E-state index contributed by atoms with van der Waals surface area (Å²) < 4.78 is 10.4. The monoisotopic (exact) mass is 222 g/mol. The van der Waals surface area contributed by atoms with Gasteiger partial charge in [0.15, 0.2) is 17.8 Å². The van der Waals surface area contributed by atoms with Crippen LogP contribution in [-0.2, 0) is 5.60 Å². The number of aldehydes is 1. The lowest BCUT2D eigenvalue weighted by atomic mass is 10.0. The van der Waals surface area contributed by atoms with Gasteiger partial charge in [-0.15, -0.1) is 0 Å². The zero-order valence-electron chi connectivity index (χ0n) is 9.32. The van der Waals surface area contributed by atoms with Crippen LogP contribution in [0.15, 0.2) is 12.1 Å². The van der Waals surface area contributed by atoms with Gasteiger partial charge in [0.05, 0.1) is 25.4 Å². The summed E-state index contributed by atoms with van der Waals surface area (Å²) >= 11 is 0. The summed E-state index contributed by atoms with van der Waals surface area (Å²) in [6.45, 7) is 0. The molecule has 1 aliphatic rings. The number of hydrogen-bond acceptors (Lipinski definition) is 4. The van der Waals surface area contributed by atoms with Gasteiger partial charge >= 0.3 is 0 Å². The molecule has 0 radical (unpaired) electrons. The number of benzene rings is 1. The van der Waals surface area contributed by atoms with Crippen molar-refractivity contribution in [1.29, 1.82) is 0 Å². The minimum atomic E-state index is -0.806. The Bertz CT molecular complexity index is 421. The number of hydrogen-bond donors (Lipinski definition) is 1. The Hall–Kier alpha value is -1.55. The van der Waals surface area contributed by atoms with Crippen molar-refractivity contribution >= 4 is 6.29 Å². The minimum Gasteiger partial charge on any atom is -0.492 e. The molecule has 1 fully saturated rings. The molecule has 1 N–H and O–H groups in total. The van der Waals surface area contributed by atoms with Gasteiger partial charge in [0.2, 0.25) is 0 Å². The van der Waals surface area contributed by atoms with Crippen LogP contribution in [-0.4, -0.2) is 25.6 Å². The summed E-state index contributed by atoms with van der Waals surface area (Å²) in [5, 5.41) is 10.1. The van der Waals surface area contributed by atoms with Gasteiger partial charge in [0.1, 0.15) is 0 Å². The van der Waals surface area contributed by atoms with Gasteiger partial charge in [-0.25, -0.2) is 0 Å². The van der Waals surface area contributed by atoms with Crippen molar-refractivity contribution < 1.29 is 19.4 Å². The van der Waals surface area contributed by atoms with Crippen LogP contribution in [0.3, 0.4) is 0 Å². The van der Waals surface area contributed by atoms with Crippen LogP contribution in [0, 0.1) is 0 Å². The number of ether oxygens (including phenoxy) is 2. The van der Waals surface area contributed by atoms with E-state index in [1.54, 1.807) is 12.1 Å². The maximum Gasteiger partial charge on any atom is 0.171 e. The lowest BCUT2D eigenvalue weighted by Crippen LogP contribution is -2.08. The molecule has 0 amide bonds. The van der Waals surface area contributed by atoms with Gasteiger partial charge in [-0.05, 0) is 18.9 Å². The van der Waals surface area contributed by atoms with Crippen LogP contribution in [0.2, 0.25) is 0 Å². The lowest BCUT2D eigenvalue weighted by Gasteiger charge is -2.17. The molecule has 0 spiro atoms. The zero-order valence-corrected chi connectivity index (χ0v) is 9.32. The topological polar surface area (TPSA) is 55.8 Å². The number of carbonyl (C=O) groups is 1. The molecule has 0 saturated heterocycles. The van der Waals surface area contributed by atoms with Crippen LogP contribution in [0.1, 0.15) is 28.8 Å². The molecule has 4 heteroatoms. The predicted molar refractivity (Wildman–Crippen MR) is 58.1 cm³/mol. The molecule has 4 nitrogen and oxygen atoms in total. The Kier molecular flexibility index (Phi) is 2.59. The molecule has 0 bridgehead atoms. The molecule has 86 valence electrons. The molecule has 2 rings (SSSR count). The van der Waals surface area contributed by atoms with E-state index in [0.717, 1.165) is 0 Å². The van der Waals surface area contributed by atoms with Crippen LogP contribution in [0.5, 0.6) is 11.5 Å². The van der Waals surface area contributed by atoms with E-state index in [9.17, 15) is 9.90 Å². The van der Waals surface area contributed by atoms with Crippen molar-refractivity contribution in [3.05, 3.63) is 23.3 Å². The number of carbonyl (C=O) groups excluding carboxylic acids is 1. The molecule has 0 atom stereocenters. The van der Waals surface area contributed by atoms with Gasteiger partial charge in [-0.2, -0.15) is 0 Å². The van der Waals surface area contributed by atoms with Gasteiger partial charge in [-0.1, -0.05) is 6.07 Å². The minimum absolute atomic E-state index is 0.385. The summed E-state index contributed by atoms with van der Waals surface area (Å²) in [7, 11) is 2.98. The first-order chi connectivity index (χ1) is 7.66. The first-order valence-corrected chi connectivity index (χ1v) is 5.09. The van der Waals surface area contributed by atoms with Gasteiger partial charge in [0, 0.05) is 5.56 Å². The van der Waals surface area contributed by atoms with Crippen molar-refractivity contribution in [2.75, 3.05) is 14.2 Å². The molecule has 0 aliphatic heterocycles. The van der Waals surface area contributed by atoms with E-state index in [-0.39, 0.29) is 0 Å². The first kappa shape index (κ1) is 11.0. The summed E-state index contributed by atoms with van der Waals surface area (Å²) in [6.07, 6.45) is 2.14. The van der Waals surface area contributed by atoms with Crippen LogP contribution in [0.4, 0.5) is 0 Å². The SMILES string of the molecule is COc1c(C=O)ccc(C2(O)CC2)c1OC. The quantitative estimate of drug-likeness (QED) is 0.784. The Morgan fingerprint density at radius 1 is 1.25 bits per heavy atom. The zero-order chi connectivity index (χ0) is 11.8. The molecule has 0 heterocycles. The summed E-state index contributed by atoms with van der Waals surface area (Å²) in [4.78, 5) is 10.8. The second-order valence-electron chi connectivity index (χ2n) is 3.92. The van der Waals surface area contributed by atoms with E-state index >= 15 is 0 Å². The van der Waals surface area contributed by atoms with Crippen LogP contribution < -0.4 is 9.47 Å². The van der Waals surface area contributed by atoms with Crippen molar-refractivity contribution in [3.63, 3.8) is 0 Å². The predicted octanol–water partition coefficient (Wildman–Crippen LogP) is 1.50. The normalized spacial score (nSPS) is 16.7. The molecular weight excluding hydrogens is 208 g/mol. The molecule has 0 aromatic heterocycles. The molecule has 1 aliphatic carbocycles. The maximum atomic E-state index is 10.8. The van der Waals surface area contributed by atoms with E-state index in [4.69, 9.17) is 9.47 Å². The Morgan fingerprint density at radius 2 is 1.88 bits per heavy atom. The molecule has 1 saturated carbocycles. The number of aliphatic hydroxyl groups is 1. The first-order valence-electron chi connectivity index (χ1n) is 5.09. The maximum absolute atomic E-state index is 10.8. The fourth-order valence-electron chi connectivity index (χ4n) is 1.84. The van der Waals surface area contributed by atoms with Crippen LogP contribution >= 0.6 is 0 Å². The Labute approximate surface area is 93.8 Å². The van der Waals surface area contributed by atoms with Gasteiger partial charge < -0.3 is 14.6 Å². The van der Waals surface area contributed by atoms with E-state index < -0.39 is 5.60 Å². The highest BCUT2D eigenvalue weighted by atomic mass is 16.5. The Balaban J connectivity index is 2.59. The van der Waals surface area contributed by atoms with Crippen molar-refractivity contribution in [2.45, 2.75) is 18.4 Å². The summed E-state index contributed by atoms with van der Waals surface area (Å²) in [5.74, 6) is 0.836. The van der Waals surface area contributed by atoms with E-state index in [1.807, 2.05) is 0 Å².